The number of esters is 1. The second-order valence-electron chi connectivity index (χ2n) is 3.54. The quantitative estimate of drug-likeness (QED) is 0.509. The van der Waals surface area contributed by atoms with Crippen LogP contribution < -0.4 is 5.73 Å². The molecule has 1 aromatic rings. The Hall–Kier alpha value is -1.55. The van der Waals surface area contributed by atoms with E-state index in [0.717, 1.165) is 0 Å². The molecule has 0 aliphatic heterocycles. The number of hydrogen-bond acceptors (Lipinski definition) is 4. The predicted octanol–water partition coefficient (Wildman–Crippen LogP) is 2.31. The molecule has 0 amide bonds. The summed E-state index contributed by atoms with van der Waals surface area (Å²) in [4.78, 5) is 22.9. The van der Waals surface area contributed by atoms with Gasteiger partial charge in [-0.2, -0.15) is 0 Å². The van der Waals surface area contributed by atoms with Gasteiger partial charge in [-0.1, -0.05) is 0 Å². The highest BCUT2D eigenvalue weighted by Gasteiger charge is 2.21. The summed E-state index contributed by atoms with van der Waals surface area (Å²) in [5.41, 5.74) is 6.72. The molecule has 0 aliphatic carbocycles. The first-order valence-corrected chi connectivity index (χ1v) is 5.62. The summed E-state index contributed by atoms with van der Waals surface area (Å²) in [6, 6.07) is 4.60. The van der Waals surface area contributed by atoms with Gasteiger partial charge in [-0.05, 0) is 37.6 Å². The molecule has 4 nitrogen and oxygen atoms in total. The van der Waals surface area contributed by atoms with Gasteiger partial charge in [-0.25, -0.2) is 4.79 Å². The number of nitrogens with two attached hydrogens (primary N) is 1. The lowest BCUT2D eigenvalue weighted by atomic mass is 10.0. The van der Waals surface area contributed by atoms with Crippen LogP contribution in [-0.2, 0) is 9.53 Å². The topological polar surface area (TPSA) is 69.4 Å². The number of alkyl halides is 1. The molecule has 1 rings (SSSR count). The average Bonchev–Trinajstić information content (AvgIpc) is 2.28. The zero-order chi connectivity index (χ0) is 13.0. The molecule has 0 aromatic heterocycles. The Morgan fingerprint density at radius 2 is 2.12 bits per heavy atom. The standard InChI is InChI=1S/C12H14ClNO3/c1-3-17-12(16)9-5-4-8(14)6-10(9)11(13)7(2)15/h4-6,11H,3,14H2,1-2H3. The fraction of sp³-hybridized carbons (Fsp3) is 0.333. The summed E-state index contributed by atoms with van der Waals surface area (Å²) >= 11 is 5.95. The predicted molar refractivity (Wildman–Crippen MR) is 66.1 cm³/mol. The van der Waals surface area contributed by atoms with E-state index in [4.69, 9.17) is 22.1 Å². The van der Waals surface area contributed by atoms with Gasteiger partial charge >= 0.3 is 5.97 Å². The molecule has 0 saturated heterocycles. The van der Waals surface area contributed by atoms with Crippen molar-refractivity contribution in [2.24, 2.45) is 0 Å². The molecule has 0 saturated carbocycles. The van der Waals surface area contributed by atoms with Crippen molar-refractivity contribution in [3.8, 4) is 0 Å². The minimum absolute atomic E-state index is 0.247. The van der Waals surface area contributed by atoms with Gasteiger partial charge in [0, 0.05) is 5.69 Å². The van der Waals surface area contributed by atoms with Crippen molar-refractivity contribution in [3.63, 3.8) is 0 Å². The second-order valence-corrected chi connectivity index (χ2v) is 3.98. The third-order valence-electron chi connectivity index (χ3n) is 2.20. The molecule has 0 heterocycles. The van der Waals surface area contributed by atoms with Gasteiger partial charge in [0.05, 0.1) is 12.2 Å². The number of benzene rings is 1. The van der Waals surface area contributed by atoms with Crippen LogP contribution in [0.4, 0.5) is 5.69 Å². The smallest absolute Gasteiger partial charge is 0.338 e. The van der Waals surface area contributed by atoms with Gasteiger partial charge in [0.1, 0.15) is 5.38 Å². The molecule has 1 aromatic carbocycles. The molecule has 5 heteroatoms. The van der Waals surface area contributed by atoms with Gasteiger partial charge in [0.2, 0.25) is 0 Å². The normalized spacial score (nSPS) is 11.9. The average molecular weight is 256 g/mol. The first kappa shape index (κ1) is 13.5. The number of hydrogen-bond donors (Lipinski definition) is 1. The maximum absolute atomic E-state index is 11.7. The van der Waals surface area contributed by atoms with E-state index in [9.17, 15) is 9.59 Å². The van der Waals surface area contributed by atoms with Crippen LogP contribution in [0.2, 0.25) is 0 Å². The molecule has 0 radical (unpaired) electrons. The van der Waals surface area contributed by atoms with Gasteiger partial charge in [-0.15, -0.1) is 11.6 Å². The number of carbonyl (C=O) groups is 2. The van der Waals surface area contributed by atoms with Gasteiger partial charge in [-0.3, -0.25) is 4.79 Å². The minimum Gasteiger partial charge on any atom is -0.462 e. The summed E-state index contributed by atoms with van der Waals surface area (Å²) in [5.74, 6) is -0.753. The number of rotatable bonds is 4. The van der Waals surface area contributed by atoms with E-state index in [1.54, 1.807) is 13.0 Å². The van der Waals surface area contributed by atoms with E-state index < -0.39 is 11.3 Å². The van der Waals surface area contributed by atoms with Crippen molar-refractivity contribution in [1.29, 1.82) is 0 Å². The highest BCUT2D eigenvalue weighted by Crippen LogP contribution is 2.27. The molecule has 0 aliphatic rings. The summed E-state index contributed by atoms with van der Waals surface area (Å²) in [6.45, 7) is 3.32. The first-order valence-electron chi connectivity index (χ1n) is 5.18. The van der Waals surface area contributed by atoms with E-state index in [1.807, 2.05) is 0 Å². The third kappa shape index (κ3) is 3.20. The number of carbonyl (C=O) groups excluding carboxylic acids is 2. The van der Waals surface area contributed by atoms with Crippen molar-refractivity contribution in [2.75, 3.05) is 12.3 Å². The number of anilines is 1. The Kier molecular flexibility index (Phi) is 4.52. The number of Topliss-reactive ketones (excluding diaryl/α,β-unsaturated/α-hetero) is 1. The summed E-state index contributed by atoms with van der Waals surface area (Å²) < 4.78 is 4.89. The lowest BCUT2D eigenvalue weighted by Gasteiger charge is -2.12. The number of nitrogen functional groups attached to an aromatic ring is 1. The van der Waals surface area contributed by atoms with Crippen molar-refractivity contribution in [1.82, 2.24) is 0 Å². The lowest BCUT2D eigenvalue weighted by Crippen LogP contribution is -2.12. The number of halogens is 1. The SMILES string of the molecule is CCOC(=O)c1ccc(N)cc1C(Cl)C(C)=O. The van der Waals surface area contributed by atoms with Gasteiger partial charge in [0.15, 0.2) is 5.78 Å². The van der Waals surface area contributed by atoms with E-state index in [2.05, 4.69) is 0 Å². The van der Waals surface area contributed by atoms with Crippen LogP contribution in [0.5, 0.6) is 0 Å². The van der Waals surface area contributed by atoms with E-state index in [-0.39, 0.29) is 18.0 Å². The highest BCUT2D eigenvalue weighted by molar-refractivity contribution is 6.31. The third-order valence-corrected chi connectivity index (χ3v) is 2.74. The molecule has 2 N–H and O–H groups in total. The summed E-state index contributed by atoms with van der Waals surface area (Å²) in [6.07, 6.45) is 0. The molecular weight excluding hydrogens is 242 g/mol. The molecule has 1 unspecified atom stereocenters. The lowest BCUT2D eigenvalue weighted by molar-refractivity contribution is -0.116. The Balaban J connectivity index is 3.21. The van der Waals surface area contributed by atoms with Crippen LogP contribution in [0, 0.1) is 0 Å². The molecule has 0 fully saturated rings. The van der Waals surface area contributed by atoms with Gasteiger partial charge in [0.25, 0.3) is 0 Å². The fourth-order valence-electron chi connectivity index (χ4n) is 1.40. The Morgan fingerprint density at radius 3 is 2.65 bits per heavy atom. The Labute approximate surface area is 105 Å². The van der Waals surface area contributed by atoms with Crippen LogP contribution in [0.15, 0.2) is 18.2 Å². The van der Waals surface area contributed by atoms with Crippen LogP contribution in [-0.4, -0.2) is 18.4 Å². The van der Waals surface area contributed by atoms with Crippen molar-refractivity contribution in [2.45, 2.75) is 19.2 Å². The maximum atomic E-state index is 11.7. The van der Waals surface area contributed by atoms with Crippen LogP contribution in [0.1, 0.15) is 35.1 Å². The molecule has 0 spiro atoms. The zero-order valence-electron chi connectivity index (χ0n) is 9.70. The van der Waals surface area contributed by atoms with Crippen LogP contribution in [0.3, 0.4) is 0 Å². The van der Waals surface area contributed by atoms with Crippen molar-refractivity contribution >= 4 is 29.0 Å². The number of ketones is 1. The highest BCUT2D eigenvalue weighted by atomic mass is 35.5. The largest absolute Gasteiger partial charge is 0.462 e. The summed E-state index contributed by atoms with van der Waals surface area (Å²) in [7, 11) is 0. The maximum Gasteiger partial charge on any atom is 0.338 e. The van der Waals surface area contributed by atoms with Crippen molar-refractivity contribution < 1.29 is 14.3 Å². The monoisotopic (exact) mass is 255 g/mol. The van der Waals surface area contributed by atoms with Crippen molar-refractivity contribution in [3.05, 3.63) is 29.3 Å². The molecule has 92 valence electrons. The minimum atomic E-state index is -0.891. The Bertz CT molecular complexity index is 445. The van der Waals surface area contributed by atoms with E-state index >= 15 is 0 Å². The van der Waals surface area contributed by atoms with E-state index in [1.165, 1.54) is 19.1 Å². The first-order chi connectivity index (χ1) is 7.97. The van der Waals surface area contributed by atoms with E-state index in [0.29, 0.717) is 11.3 Å². The molecule has 17 heavy (non-hydrogen) atoms. The van der Waals surface area contributed by atoms with Crippen LogP contribution >= 0.6 is 11.6 Å². The molecular formula is C12H14ClNO3. The summed E-state index contributed by atoms with van der Waals surface area (Å²) in [5, 5.41) is -0.891. The Morgan fingerprint density at radius 1 is 1.47 bits per heavy atom. The molecule has 1 atom stereocenters. The van der Waals surface area contributed by atoms with Crippen LogP contribution in [0.25, 0.3) is 0 Å². The zero-order valence-corrected chi connectivity index (χ0v) is 10.5. The number of ether oxygens (including phenoxy) is 1. The van der Waals surface area contributed by atoms with Gasteiger partial charge < -0.3 is 10.5 Å². The fourth-order valence-corrected chi connectivity index (χ4v) is 1.59. The second kappa shape index (κ2) is 5.68. The molecule has 0 bridgehead atoms.